The molecule has 0 saturated heterocycles. The molecule has 3 rings (SSSR count). The van der Waals surface area contributed by atoms with Crippen LogP contribution in [0.15, 0.2) is 72.8 Å². The maximum atomic E-state index is 6.20. The minimum Gasteiger partial charge on any atom is -0.490 e. The van der Waals surface area contributed by atoms with Gasteiger partial charge in [0.15, 0.2) is 11.5 Å². The number of rotatable bonds is 11. The van der Waals surface area contributed by atoms with Crippen LogP contribution in [-0.2, 0) is 19.6 Å². The lowest BCUT2D eigenvalue weighted by Gasteiger charge is -2.19. The van der Waals surface area contributed by atoms with Crippen LogP contribution in [0.4, 0.5) is 0 Å². The van der Waals surface area contributed by atoms with Crippen LogP contribution in [0.3, 0.4) is 0 Å². The molecule has 3 aromatic carbocycles. The van der Waals surface area contributed by atoms with Gasteiger partial charge < -0.3 is 14.8 Å². The van der Waals surface area contributed by atoms with E-state index in [2.05, 4.69) is 48.6 Å². The lowest BCUT2D eigenvalue weighted by molar-refractivity contribution is 0.265. The van der Waals surface area contributed by atoms with Gasteiger partial charge in [0, 0.05) is 23.2 Å². The highest BCUT2D eigenvalue weighted by Crippen LogP contribution is 2.32. The number of benzene rings is 3. The van der Waals surface area contributed by atoms with Crippen molar-refractivity contribution in [3.8, 4) is 11.5 Å². The molecule has 0 aromatic heterocycles. The Balaban J connectivity index is 1.62. The van der Waals surface area contributed by atoms with Gasteiger partial charge in [-0.2, -0.15) is 0 Å². The molecule has 0 aliphatic carbocycles. The predicted octanol–water partition coefficient (Wildman–Crippen LogP) is 6.43. The van der Waals surface area contributed by atoms with E-state index >= 15 is 0 Å². The van der Waals surface area contributed by atoms with Crippen molar-refractivity contribution >= 4 is 11.6 Å². The van der Waals surface area contributed by atoms with E-state index in [1.165, 1.54) is 5.56 Å². The Morgan fingerprint density at radius 2 is 1.63 bits per heavy atom. The quantitative estimate of drug-likeness (QED) is 0.385. The fraction of sp³-hybridized carbons (Fsp3) is 0.308. The maximum absolute atomic E-state index is 6.20. The van der Waals surface area contributed by atoms with E-state index in [1.807, 2.05) is 43.3 Å². The highest BCUT2D eigenvalue weighted by Gasteiger charge is 2.13. The smallest absolute Gasteiger partial charge is 0.166 e. The van der Waals surface area contributed by atoms with Gasteiger partial charge in [0.25, 0.3) is 0 Å². The Labute approximate surface area is 185 Å². The Kier molecular flexibility index (Phi) is 8.61. The third kappa shape index (κ3) is 6.79. The summed E-state index contributed by atoms with van der Waals surface area (Å²) in [6, 6.07) is 24.8. The molecule has 0 saturated carbocycles. The molecule has 0 spiro atoms. The fourth-order valence-electron chi connectivity index (χ4n) is 3.28. The summed E-state index contributed by atoms with van der Waals surface area (Å²) in [6.45, 7) is 6.01. The molecule has 1 unspecified atom stereocenters. The van der Waals surface area contributed by atoms with E-state index in [0.717, 1.165) is 47.0 Å². The second-order valence-corrected chi connectivity index (χ2v) is 7.84. The van der Waals surface area contributed by atoms with E-state index in [1.54, 1.807) is 0 Å². The highest BCUT2D eigenvalue weighted by atomic mass is 35.5. The van der Waals surface area contributed by atoms with Crippen molar-refractivity contribution in [1.82, 2.24) is 5.32 Å². The molecule has 3 aromatic rings. The number of hydrogen-bond donors (Lipinski definition) is 1. The van der Waals surface area contributed by atoms with E-state index in [-0.39, 0.29) is 0 Å². The van der Waals surface area contributed by atoms with Crippen molar-refractivity contribution in [3.63, 3.8) is 0 Å². The molecule has 0 aliphatic rings. The molecule has 0 amide bonds. The average Bonchev–Trinajstić information content (AvgIpc) is 2.77. The number of ether oxygens (including phenoxy) is 2. The van der Waals surface area contributed by atoms with E-state index < -0.39 is 0 Å². The van der Waals surface area contributed by atoms with Crippen LogP contribution < -0.4 is 14.8 Å². The van der Waals surface area contributed by atoms with E-state index in [0.29, 0.717) is 19.3 Å². The lowest BCUT2D eigenvalue weighted by Crippen LogP contribution is -2.26. The van der Waals surface area contributed by atoms with Gasteiger partial charge in [-0.1, -0.05) is 66.2 Å². The number of nitrogens with one attached hydrogen (secondary N) is 1. The maximum Gasteiger partial charge on any atom is 0.166 e. The molecule has 30 heavy (non-hydrogen) atoms. The fourth-order valence-corrected chi connectivity index (χ4v) is 3.41. The molecule has 0 heterocycles. The third-order valence-electron chi connectivity index (χ3n) is 5.01. The molecule has 3 nitrogen and oxygen atoms in total. The van der Waals surface area contributed by atoms with Crippen LogP contribution in [0.5, 0.6) is 11.5 Å². The molecule has 1 N–H and O–H groups in total. The monoisotopic (exact) mass is 423 g/mol. The van der Waals surface area contributed by atoms with Crippen molar-refractivity contribution < 1.29 is 9.47 Å². The first-order valence-corrected chi connectivity index (χ1v) is 10.9. The van der Waals surface area contributed by atoms with Crippen LogP contribution in [0.25, 0.3) is 0 Å². The Morgan fingerprint density at radius 3 is 2.37 bits per heavy atom. The Bertz CT molecular complexity index is 897. The summed E-state index contributed by atoms with van der Waals surface area (Å²) >= 11 is 5.99. The van der Waals surface area contributed by atoms with Gasteiger partial charge in [0.05, 0.1) is 6.61 Å². The number of para-hydroxylation sites is 1. The topological polar surface area (TPSA) is 30.5 Å². The zero-order valence-corrected chi connectivity index (χ0v) is 18.5. The second kappa shape index (κ2) is 11.6. The number of hydrogen-bond acceptors (Lipinski definition) is 3. The van der Waals surface area contributed by atoms with Gasteiger partial charge in [0.2, 0.25) is 0 Å². The molecular weight excluding hydrogens is 394 g/mol. The first kappa shape index (κ1) is 22.2. The molecule has 0 fully saturated rings. The molecule has 0 bridgehead atoms. The van der Waals surface area contributed by atoms with Crippen LogP contribution >= 0.6 is 11.6 Å². The van der Waals surface area contributed by atoms with Crippen molar-refractivity contribution in [2.24, 2.45) is 0 Å². The summed E-state index contributed by atoms with van der Waals surface area (Å²) in [5.74, 6) is 1.58. The second-order valence-electron chi connectivity index (χ2n) is 7.40. The number of aryl methyl sites for hydroxylation is 1. The van der Waals surface area contributed by atoms with E-state index in [4.69, 9.17) is 21.1 Å². The molecule has 4 heteroatoms. The van der Waals surface area contributed by atoms with Gasteiger partial charge in [0.1, 0.15) is 6.61 Å². The van der Waals surface area contributed by atoms with Crippen molar-refractivity contribution in [1.29, 1.82) is 0 Å². The summed E-state index contributed by atoms with van der Waals surface area (Å²) in [6.07, 6.45) is 2.14. The average molecular weight is 424 g/mol. The highest BCUT2D eigenvalue weighted by molar-refractivity contribution is 6.30. The molecule has 0 radical (unpaired) electrons. The Hall–Kier alpha value is -2.49. The summed E-state index contributed by atoms with van der Waals surface area (Å²) in [5, 5.41) is 4.36. The summed E-state index contributed by atoms with van der Waals surface area (Å²) in [5.41, 5.74) is 3.54. The van der Waals surface area contributed by atoms with Crippen molar-refractivity contribution in [2.45, 2.75) is 45.9 Å². The molecule has 158 valence electrons. The normalized spacial score (nSPS) is 11.8. The van der Waals surface area contributed by atoms with E-state index in [9.17, 15) is 0 Å². The molecule has 0 aliphatic heterocycles. The van der Waals surface area contributed by atoms with Crippen molar-refractivity contribution in [3.05, 3.63) is 94.5 Å². The molecular formula is C26H30ClNO2. The summed E-state index contributed by atoms with van der Waals surface area (Å²) in [4.78, 5) is 0. The van der Waals surface area contributed by atoms with Gasteiger partial charge in [-0.05, 0) is 56.0 Å². The van der Waals surface area contributed by atoms with Crippen molar-refractivity contribution in [2.75, 3.05) is 6.61 Å². The lowest BCUT2D eigenvalue weighted by atomic mass is 10.1. The largest absolute Gasteiger partial charge is 0.490 e. The van der Waals surface area contributed by atoms with Gasteiger partial charge in [-0.15, -0.1) is 0 Å². The van der Waals surface area contributed by atoms with Gasteiger partial charge >= 0.3 is 0 Å². The zero-order valence-electron chi connectivity index (χ0n) is 17.7. The van der Waals surface area contributed by atoms with Crippen LogP contribution in [0.1, 0.15) is 37.0 Å². The summed E-state index contributed by atoms with van der Waals surface area (Å²) in [7, 11) is 0. The predicted molar refractivity (Wildman–Crippen MR) is 124 cm³/mol. The SMILES string of the molecule is CCOc1cccc(CNC(C)CCc2ccccc2)c1OCc1ccc(Cl)cc1. The third-order valence-corrected chi connectivity index (χ3v) is 5.26. The first-order chi connectivity index (χ1) is 14.7. The van der Waals surface area contributed by atoms with Crippen LogP contribution in [-0.4, -0.2) is 12.6 Å². The van der Waals surface area contributed by atoms with Gasteiger partial charge in [-0.3, -0.25) is 0 Å². The minimum atomic E-state index is 0.394. The minimum absolute atomic E-state index is 0.394. The number of halogens is 1. The van der Waals surface area contributed by atoms with Gasteiger partial charge in [-0.25, -0.2) is 0 Å². The molecule has 1 atom stereocenters. The summed E-state index contributed by atoms with van der Waals surface area (Å²) < 4.78 is 12.0. The van der Waals surface area contributed by atoms with Crippen LogP contribution in [0, 0.1) is 0 Å². The van der Waals surface area contributed by atoms with Crippen LogP contribution in [0.2, 0.25) is 5.02 Å². The zero-order chi connectivity index (χ0) is 21.2. The standard InChI is InChI=1S/C26H30ClNO2/c1-3-29-25-11-7-10-23(26(25)30-19-22-14-16-24(27)17-15-22)18-28-20(2)12-13-21-8-5-4-6-9-21/h4-11,14-17,20,28H,3,12-13,18-19H2,1-2H3. The Morgan fingerprint density at radius 1 is 0.867 bits per heavy atom. The first-order valence-electron chi connectivity index (χ1n) is 10.5.